The fourth-order valence-corrected chi connectivity index (χ4v) is 2.11. The number of amides is 1. The number of ether oxygens (including phenoxy) is 1. The molecule has 0 bridgehead atoms. The molecule has 1 aromatic carbocycles. The lowest BCUT2D eigenvalue weighted by atomic mass is 10.2. The van der Waals surface area contributed by atoms with Gasteiger partial charge in [-0.15, -0.1) is 0 Å². The van der Waals surface area contributed by atoms with Crippen LogP contribution < -0.4 is 10.1 Å². The zero-order valence-electron chi connectivity index (χ0n) is 10.3. The molecule has 0 saturated heterocycles. The largest absolute Gasteiger partial charge is 0.497 e. The summed E-state index contributed by atoms with van der Waals surface area (Å²) in [5, 5.41) is 3.40. The molecule has 0 spiro atoms. The van der Waals surface area contributed by atoms with E-state index in [2.05, 4.69) is 10.3 Å². The maximum Gasteiger partial charge on any atom is 0.275 e. The lowest BCUT2D eigenvalue weighted by Crippen LogP contribution is -2.21. The smallest absolute Gasteiger partial charge is 0.275 e. The Kier molecular flexibility index (Phi) is 4.04. The van der Waals surface area contributed by atoms with Gasteiger partial charge in [-0.3, -0.25) is 10.1 Å². The van der Waals surface area contributed by atoms with Crippen LogP contribution in [0.5, 0.6) is 5.75 Å². The van der Waals surface area contributed by atoms with Crippen molar-refractivity contribution in [3.63, 3.8) is 0 Å². The van der Waals surface area contributed by atoms with Crippen LogP contribution in [0.1, 0.15) is 12.5 Å². The summed E-state index contributed by atoms with van der Waals surface area (Å²) < 4.78 is 5.08. The van der Waals surface area contributed by atoms with E-state index in [1.807, 2.05) is 31.2 Å². The summed E-state index contributed by atoms with van der Waals surface area (Å²) in [6, 6.07) is 7.48. The van der Waals surface area contributed by atoms with E-state index in [1.54, 1.807) is 13.2 Å². The van der Waals surface area contributed by atoms with Gasteiger partial charge in [0.1, 0.15) is 11.4 Å². The van der Waals surface area contributed by atoms with E-state index in [0.717, 1.165) is 17.1 Å². The number of hydrogen-bond acceptors (Lipinski definition) is 4. The summed E-state index contributed by atoms with van der Waals surface area (Å²) in [4.78, 5) is 15.9. The molecule has 1 aliphatic rings. The van der Waals surface area contributed by atoms with Gasteiger partial charge in [-0.2, -0.15) is 0 Å². The minimum Gasteiger partial charge on any atom is -0.497 e. The van der Waals surface area contributed by atoms with Crippen molar-refractivity contribution in [3.8, 4) is 5.75 Å². The molecule has 0 aromatic heterocycles. The molecule has 0 fully saturated rings. The van der Waals surface area contributed by atoms with Gasteiger partial charge in [0.05, 0.1) is 7.11 Å². The standard InChI is InChI=1S/C13H14N2O2S/c1-3-18-13-14-11(12(16)15-13)8-9-4-6-10(17-2)7-5-9/h4-8H,3H2,1-2H3,(H,14,15,16)/b11-8+. The number of rotatable bonds is 3. The molecule has 1 N–H and O–H groups in total. The molecule has 1 aromatic rings. The number of hydrogen-bond donors (Lipinski definition) is 1. The normalized spacial score (nSPS) is 16.7. The number of amidine groups is 1. The molecule has 2 rings (SSSR count). The number of benzene rings is 1. The highest BCUT2D eigenvalue weighted by Gasteiger charge is 2.19. The molecule has 0 aliphatic carbocycles. The lowest BCUT2D eigenvalue weighted by molar-refractivity contribution is -0.115. The maximum atomic E-state index is 11.7. The molecular weight excluding hydrogens is 248 g/mol. The third kappa shape index (κ3) is 2.92. The topological polar surface area (TPSA) is 50.7 Å². The lowest BCUT2D eigenvalue weighted by Gasteiger charge is -1.99. The first-order chi connectivity index (χ1) is 8.72. The molecule has 5 heteroatoms. The summed E-state index contributed by atoms with van der Waals surface area (Å²) in [5.41, 5.74) is 1.36. The molecular formula is C13H14N2O2S. The van der Waals surface area contributed by atoms with Crippen LogP contribution in [-0.2, 0) is 4.79 Å². The minimum absolute atomic E-state index is 0.151. The van der Waals surface area contributed by atoms with E-state index in [0.29, 0.717) is 10.9 Å². The average molecular weight is 262 g/mol. The van der Waals surface area contributed by atoms with Crippen LogP contribution in [0.2, 0.25) is 0 Å². The van der Waals surface area contributed by atoms with Crippen LogP contribution in [-0.4, -0.2) is 23.9 Å². The number of carbonyl (C=O) groups is 1. The van der Waals surface area contributed by atoms with Crippen molar-refractivity contribution in [2.45, 2.75) is 6.92 Å². The molecule has 18 heavy (non-hydrogen) atoms. The third-order valence-electron chi connectivity index (χ3n) is 2.38. The number of aliphatic imine (C=N–C) groups is 1. The summed E-state index contributed by atoms with van der Waals surface area (Å²) >= 11 is 1.52. The van der Waals surface area contributed by atoms with Gasteiger partial charge in [0.2, 0.25) is 0 Å². The second-order valence-corrected chi connectivity index (χ2v) is 4.86. The number of methoxy groups -OCH3 is 1. The molecule has 1 amide bonds. The maximum absolute atomic E-state index is 11.7. The van der Waals surface area contributed by atoms with Crippen LogP contribution in [0.4, 0.5) is 0 Å². The molecule has 1 heterocycles. The van der Waals surface area contributed by atoms with Crippen molar-refractivity contribution >= 4 is 28.9 Å². The Morgan fingerprint density at radius 1 is 1.39 bits per heavy atom. The van der Waals surface area contributed by atoms with Crippen molar-refractivity contribution in [3.05, 3.63) is 35.5 Å². The first-order valence-corrected chi connectivity index (χ1v) is 6.60. The molecule has 4 nitrogen and oxygen atoms in total. The van der Waals surface area contributed by atoms with Crippen molar-refractivity contribution < 1.29 is 9.53 Å². The van der Waals surface area contributed by atoms with Crippen molar-refractivity contribution in [2.24, 2.45) is 4.99 Å². The van der Waals surface area contributed by atoms with Crippen molar-refractivity contribution in [2.75, 3.05) is 12.9 Å². The zero-order chi connectivity index (χ0) is 13.0. The Morgan fingerprint density at radius 3 is 2.72 bits per heavy atom. The van der Waals surface area contributed by atoms with Crippen LogP contribution in [0.15, 0.2) is 35.0 Å². The first-order valence-electron chi connectivity index (χ1n) is 5.61. The zero-order valence-corrected chi connectivity index (χ0v) is 11.1. The Hall–Kier alpha value is -1.75. The Morgan fingerprint density at radius 2 is 2.11 bits per heavy atom. The average Bonchev–Trinajstić information content (AvgIpc) is 2.71. The fourth-order valence-electron chi connectivity index (χ4n) is 1.51. The van der Waals surface area contributed by atoms with E-state index in [9.17, 15) is 4.79 Å². The van der Waals surface area contributed by atoms with Gasteiger partial charge >= 0.3 is 0 Å². The monoisotopic (exact) mass is 262 g/mol. The Balaban J connectivity index is 2.19. The third-order valence-corrected chi connectivity index (χ3v) is 3.13. The van der Waals surface area contributed by atoms with Crippen LogP contribution in [0.3, 0.4) is 0 Å². The van der Waals surface area contributed by atoms with Crippen molar-refractivity contribution in [1.29, 1.82) is 0 Å². The van der Waals surface area contributed by atoms with Crippen LogP contribution >= 0.6 is 11.8 Å². The van der Waals surface area contributed by atoms with Gasteiger partial charge < -0.3 is 4.74 Å². The molecule has 0 atom stereocenters. The predicted molar refractivity (Wildman–Crippen MR) is 74.7 cm³/mol. The van der Waals surface area contributed by atoms with E-state index in [4.69, 9.17) is 4.74 Å². The first kappa shape index (κ1) is 12.7. The summed E-state index contributed by atoms with van der Waals surface area (Å²) in [5.74, 6) is 1.52. The molecule has 1 aliphatic heterocycles. The highest BCUT2D eigenvalue weighted by Crippen LogP contribution is 2.18. The quantitative estimate of drug-likeness (QED) is 0.850. The van der Waals surface area contributed by atoms with E-state index < -0.39 is 0 Å². The molecule has 94 valence electrons. The van der Waals surface area contributed by atoms with Crippen LogP contribution in [0, 0.1) is 0 Å². The summed E-state index contributed by atoms with van der Waals surface area (Å²) in [6.07, 6.45) is 1.76. The Bertz CT molecular complexity index is 506. The fraction of sp³-hybridized carbons (Fsp3) is 0.231. The van der Waals surface area contributed by atoms with E-state index >= 15 is 0 Å². The molecule has 0 radical (unpaired) electrons. The van der Waals surface area contributed by atoms with Crippen molar-refractivity contribution in [1.82, 2.24) is 5.32 Å². The van der Waals surface area contributed by atoms with Gasteiger partial charge in [0.15, 0.2) is 5.17 Å². The predicted octanol–water partition coefficient (Wildman–Crippen LogP) is 2.27. The number of nitrogens with zero attached hydrogens (tertiary/aromatic N) is 1. The Labute approximate surface area is 110 Å². The second-order valence-electron chi connectivity index (χ2n) is 3.61. The highest BCUT2D eigenvalue weighted by molar-refractivity contribution is 8.13. The van der Waals surface area contributed by atoms with Gasteiger partial charge in [0.25, 0.3) is 5.91 Å². The number of thioether (sulfide) groups is 1. The van der Waals surface area contributed by atoms with Gasteiger partial charge in [-0.25, -0.2) is 4.99 Å². The molecule has 0 saturated carbocycles. The van der Waals surface area contributed by atoms with E-state index in [1.165, 1.54) is 11.8 Å². The number of nitrogens with one attached hydrogen (secondary N) is 1. The van der Waals surface area contributed by atoms with Gasteiger partial charge in [-0.05, 0) is 29.5 Å². The summed E-state index contributed by atoms with van der Waals surface area (Å²) in [7, 11) is 1.62. The molecule has 0 unspecified atom stereocenters. The van der Waals surface area contributed by atoms with Gasteiger partial charge in [0, 0.05) is 0 Å². The van der Waals surface area contributed by atoms with Crippen LogP contribution in [0.25, 0.3) is 6.08 Å². The van der Waals surface area contributed by atoms with Gasteiger partial charge in [-0.1, -0.05) is 30.8 Å². The highest BCUT2D eigenvalue weighted by atomic mass is 32.2. The second kappa shape index (κ2) is 5.73. The SMILES string of the molecule is CCSC1=N/C(=C/c2ccc(OC)cc2)C(=O)N1. The number of carbonyl (C=O) groups excluding carboxylic acids is 1. The van der Waals surface area contributed by atoms with E-state index in [-0.39, 0.29) is 5.91 Å². The minimum atomic E-state index is -0.151. The summed E-state index contributed by atoms with van der Waals surface area (Å²) in [6.45, 7) is 2.02.